The number of carbonyl (C=O) groups excluding carboxylic acids is 1. The first-order valence-corrected chi connectivity index (χ1v) is 10.7. The molecule has 0 radical (unpaired) electrons. The smallest absolute Gasteiger partial charge is 0.267 e. The van der Waals surface area contributed by atoms with E-state index in [0.29, 0.717) is 22.0 Å². The van der Waals surface area contributed by atoms with Crippen molar-refractivity contribution in [3.05, 3.63) is 59.4 Å². The Kier molecular flexibility index (Phi) is 5.61. The number of hydrogen-bond acceptors (Lipinski definition) is 6. The van der Waals surface area contributed by atoms with E-state index in [1.165, 1.54) is 31.5 Å². The first-order chi connectivity index (χ1) is 13.3. The molecule has 0 unspecified atom stereocenters. The molecule has 0 aliphatic carbocycles. The predicted octanol–water partition coefficient (Wildman–Crippen LogP) is 3.58. The first kappa shape index (κ1) is 19.8. The maximum absolute atomic E-state index is 13.9. The summed E-state index contributed by atoms with van der Waals surface area (Å²) >= 11 is 1.05. The van der Waals surface area contributed by atoms with Crippen molar-refractivity contribution in [1.82, 2.24) is 4.98 Å². The third-order valence-electron chi connectivity index (χ3n) is 3.59. The zero-order chi connectivity index (χ0) is 20.3. The van der Waals surface area contributed by atoms with Crippen LogP contribution in [0.3, 0.4) is 0 Å². The minimum Gasteiger partial charge on any atom is -0.495 e. The van der Waals surface area contributed by atoms with Gasteiger partial charge in [-0.3, -0.25) is 9.52 Å². The van der Waals surface area contributed by atoms with E-state index in [1.54, 1.807) is 24.3 Å². The van der Waals surface area contributed by atoms with Crippen molar-refractivity contribution in [2.75, 3.05) is 23.4 Å². The van der Waals surface area contributed by atoms with E-state index in [1.807, 2.05) is 0 Å². The van der Waals surface area contributed by atoms with Gasteiger partial charge in [-0.2, -0.15) is 0 Å². The fourth-order valence-corrected chi connectivity index (χ4v) is 3.79. The lowest BCUT2D eigenvalue weighted by Crippen LogP contribution is -2.13. The molecule has 2 aromatic carbocycles. The van der Waals surface area contributed by atoms with Crippen molar-refractivity contribution in [2.24, 2.45) is 0 Å². The number of hydrogen-bond donors (Lipinski definition) is 2. The van der Waals surface area contributed by atoms with E-state index < -0.39 is 21.7 Å². The number of nitrogens with one attached hydrogen (secondary N) is 2. The van der Waals surface area contributed by atoms with E-state index in [0.717, 1.165) is 17.6 Å². The molecule has 0 aliphatic rings. The molecule has 0 saturated heterocycles. The zero-order valence-electron chi connectivity index (χ0n) is 14.9. The Balaban J connectivity index is 1.82. The van der Waals surface area contributed by atoms with Crippen LogP contribution >= 0.6 is 11.3 Å². The van der Waals surface area contributed by atoms with Gasteiger partial charge in [0.05, 0.1) is 25.2 Å². The van der Waals surface area contributed by atoms with Crippen molar-refractivity contribution < 1.29 is 22.3 Å². The highest BCUT2D eigenvalue weighted by Gasteiger charge is 2.15. The predicted molar refractivity (Wildman–Crippen MR) is 107 cm³/mol. The second-order valence-electron chi connectivity index (χ2n) is 5.75. The number of thiazole rings is 1. The topological polar surface area (TPSA) is 97.4 Å². The number of aromatic nitrogens is 1. The highest BCUT2D eigenvalue weighted by atomic mass is 32.2. The molecule has 0 fully saturated rings. The summed E-state index contributed by atoms with van der Waals surface area (Å²) in [7, 11) is -2.12. The summed E-state index contributed by atoms with van der Waals surface area (Å²) in [5.74, 6) is -0.561. The van der Waals surface area contributed by atoms with Gasteiger partial charge in [-0.25, -0.2) is 17.8 Å². The van der Waals surface area contributed by atoms with Gasteiger partial charge in [0.15, 0.2) is 0 Å². The highest BCUT2D eigenvalue weighted by molar-refractivity contribution is 7.92. The van der Waals surface area contributed by atoms with Crippen LogP contribution in [-0.4, -0.2) is 32.7 Å². The summed E-state index contributed by atoms with van der Waals surface area (Å²) < 4.78 is 44.3. The van der Waals surface area contributed by atoms with Gasteiger partial charge in [0.25, 0.3) is 5.91 Å². The van der Waals surface area contributed by atoms with Gasteiger partial charge in [-0.15, -0.1) is 11.3 Å². The molecule has 1 aromatic heterocycles. The Morgan fingerprint density at radius 2 is 1.96 bits per heavy atom. The van der Waals surface area contributed by atoms with Gasteiger partial charge in [0, 0.05) is 11.3 Å². The molecule has 3 aromatic rings. The summed E-state index contributed by atoms with van der Waals surface area (Å²) in [5, 5.41) is 3.05. The third kappa shape index (κ3) is 4.65. The average molecular weight is 421 g/mol. The second-order valence-corrected chi connectivity index (χ2v) is 8.53. The summed E-state index contributed by atoms with van der Waals surface area (Å²) in [6, 6.07) is 10.7. The van der Waals surface area contributed by atoms with Crippen LogP contribution in [0.1, 0.15) is 9.67 Å². The summed E-state index contributed by atoms with van der Waals surface area (Å²) in [6.45, 7) is 0. The average Bonchev–Trinajstić information content (AvgIpc) is 3.11. The summed E-state index contributed by atoms with van der Waals surface area (Å²) in [6.07, 6.45) is 2.38. The molecule has 3 rings (SSSR count). The molecule has 0 atom stereocenters. The molecular formula is C18H16FN3O4S2. The summed E-state index contributed by atoms with van der Waals surface area (Å²) in [4.78, 5) is 16.9. The van der Waals surface area contributed by atoms with E-state index in [4.69, 9.17) is 4.74 Å². The maximum Gasteiger partial charge on any atom is 0.267 e. The zero-order valence-corrected chi connectivity index (χ0v) is 16.5. The Hall–Kier alpha value is -2.98. The first-order valence-electron chi connectivity index (χ1n) is 7.95. The molecular weight excluding hydrogens is 405 g/mol. The molecule has 146 valence electrons. The number of benzene rings is 2. The fourth-order valence-electron chi connectivity index (χ4n) is 2.40. The number of ether oxygens (including phenoxy) is 1. The molecule has 1 amide bonds. The number of anilines is 2. The quantitative estimate of drug-likeness (QED) is 0.634. The van der Waals surface area contributed by atoms with Crippen LogP contribution in [0.5, 0.6) is 5.75 Å². The number of rotatable bonds is 6. The molecule has 0 aliphatic heterocycles. The molecule has 10 heteroatoms. The minimum absolute atomic E-state index is 0.194. The van der Waals surface area contributed by atoms with Crippen molar-refractivity contribution >= 4 is 38.6 Å². The van der Waals surface area contributed by atoms with Crippen LogP contribution in [0.4, 0.5) is 15.8 Å². The van der Waals surface area contributed by atoms with Crippen LogP contribution < -0.4 is 14.8 Å². The van der Waals surface area contributed by atoms with Crippen molar-refractivity contribution in [3.8, 4) is 16.3 Å². The number of sulfonamides is 1. The van der Waals surface area contributed by atoms with E-state index in [9.17, 15) is 17.6 Å². The number of nitrogens with zero attached hydrogens (tertiary/aromatic N) is 1. The maximum atomic E-state index is 13.9. The largest absolute Gasteiger partial charge is 0.495 e. The lowest BCUT2D eigenvalue weighted by Gasteiger charge is -2.12. The third-order valence-corrected chi connectivity index (χ3v) is 5.21. The molecule has 7 nitrogen and oxygen atoms in total. The van der Waals surface area contributed by atoms with Crippen molar-refractivity contribution in [2.45, 2.75) is 0 Å². The fraction of sp³-hybridized carbons (Fsp3) is 0.111. The molecule has 0 saturated carbocycles. The standard InChI is InChI=1S/C18H16FN3O4S2/c1-26-15-8-7-11(9-14(15)22-28(2,24)25)21-17(23)16-10-20-18(27-16)12-5-3-4-6-13(12)19/h3-10,22H,1-2H3,(H,21,23). The summed E-state index contributed by atoms with van der Waals surface area (Å²) in [5.41, 5.74) is 0.868. The van der Waals surface area contributed by atoms with E-state index in [2.05, 4.69) is 15.0 Å². The lowest BCUT2D eigenvalue weighted by molar-refractivity contribution is 0.103. The van der Waals surface area contributed by atoms with Gasteiger partial charge in [-0.1, -0.05) is 12.1 Å². The molecule has 1 heterocycles. The van der Waals surface area contributed by atoms with E-state index >= 15 is 0 Å². The number of carbonyl (C=O) groups is 1. The Bertz CT molecular complexity index is 1130. The van der Waals surface area contributed by atoms with Gasteiger partial charge in [0.2, 0.25) is 10.0 Å². The molecule has 0 spiro atoms. The Labute approximate surface area is 165 Å². The van der Waals surface area contributed by atoms with Crippen LogP contribution in [0.2, 0.25) is 0 Å². The van der Waals surface area contributed by atoms with E-state index in [-0.39, 0.29) is 10.6 Å². The lowest BCUT2D eigenvalue weighted by atomic mass is 10.2. The number of methoxy groups -OCH3 is 1. The Morgan fingerprint density at radius 3 is 2.64 bits per heavy atom. The normalized spacial score (nSPS) is 11.1. The van der Waals surface area contributed by atoms with Gasteiger partial charge in [0.1, 0.15) is 21.5 Å². The second kappa shape index (κ2) is 7.95. The molecule has 2 N–H and O–H groups in total. The van der Waals surface area contributed by atoms with Crippen molar-refractivity contribution in [1.29, 1.82) is 0 Å². The Morgan fingerprint density at radius 1 is 1.21 bits per heavy atom. The van der Waals surface area contributed by atoms with Crippen LogP contribution in [-0.2, 0) is 10.0 Å². The van der Waals surface area contributed by atoms with Crippen LogP contribution in [0.25, 0.3) is 10.6 Å². The SMILES string of the molecule is COc1ccc(NC(=O)c2cnc(-c3ccccc3F)s2)cc1NS(C)(=O)=O. The van der Waals surface area contributed by atoms with Gasteiger partial charge >= 0.3 is 0 Å². The number of halogens is 1. The molecule has 0 bridgehead atoms. The minimum atomic E-state index is -3.52. The monoisotopic (exact) mass is 421 g/mol. The number of amides is 1. The molecule has 28 heavy (non-hydrogen) atoms. The van der Waals surface area contributed by atoms with Crippen LogP contribution in [0, 0.1) is 5.82 Å². The van der Waals surface area contributed by atoms with Crippen molar-refractivity contribution in [3.63, 3.8) is 0 Å². The van der Waals surface area contributed by atoms with Crippen LogP contribution in [0.15, 0.2) is 48.7 Å². The van der Waals surface area contributed by atoms with Gasteiger partial charge < -0.3 is 10.1 Å². The highest BCUT2D eigenvalue weighted by Crippen LogP contribution is 2.30. The van der Waals surface area contributed by atoms with Gasteiger partial charge in [-0.05, 0) is 30.3 Å².